The van der Waals surface area contributed by atoms with E-state index in [2.05, 4.69) is 11.8 Å². The molecular formula is C14H22N2O2. The second kappa shape index (κ2) is 5.57. The molecule has 0 spiro atoms. The highest BCUT2D eigenvalue weighted by atomic mass is 16.3. The fourth-order valence-corrected chi connectivity index (χ4v) is 2.48. The van der Waals surface area contributed by atoms with E-state index >= 15 is 0 Å². The van der Waals surface area contributed by atoms with E-state index < -0.39 is 0 Å². The van der Waals surface area contributed by atoms with E-state index in [0.717, 1.165) is 37.8 Å². The average molecular weight is 250 g/mol. The van der Waals surface area contributed by atoms with Gasteiger partial charge in [-0.1, -0.05) is 6.92 Å². The standard InChI is InChI=1S/C14H22N2O2/c1-3-16-10-14(18)13(17)8-12(16)9-15-6-4-11(2)5-7-15/h8,10-11,18H,3-7,9H2,1-2H3. The monoisotopic (exact) mass is 250 g/mol. The molecule has 2 heterocycles. The fraction of sp³-hybridized carbons (Fsp3) is 0.643. The molecule has 0 aromatic carbocycles. The molecule has 1 aromatic heterocycles. The smallest absolute Gasteiger partial charge is 0.223 e. The number of pyridine rings is 1. The number of nitrogens with zero attached hydrogens (tertiary/aromatic N) is 2. The molecule has 0 unspecified atom stereocenters. The molecule has 4 nitrogen and oxygen atoms in total. The molecule has 100 valence electrons. The zero-order valence-corrected chi connectivity index (χ0v) is 11.2. The first-order valence-corrected chi connectivity index (χ1v) is 6.74. The van der Waals surface area contributed by atoms with E-state index in [-0.39, 0.29) is 11.2 Å². The van der Waals surface area contributed by atoms with Crippen LogP contribution in [0.15, 0.2) is 17.1 Å². The molecule has 1 aliphatic rings. The minimum Gasteiger partial charge on any atom is -0.503 e. The fourth-order valence-electron chi connectivity index (χ4n) is 2.48. The summed E-state index contributed by atoms with van der Waals surface area (Å²) < 4.78 is 1.95. The molecule has 18 heavy (non-hydrogen) atoms. The average Bonchev–Trinajstić information content (AvgIpc) is 2.36. The highest BCUT2D eigenvalue weighted by molar-refractivity contribution is 5.20. The SMILES string of the molecule is CCn1cc(O)c(=O)cc1CN1CCC(C)CC1. The minimum atomic E-state index is -0.278. The molecule has 0 radical (unpaired) electrons. The number of hydrogen-bond acceptors (Lipinski definition) is 3. The number of rotatable bonds is 3. The second-order valence-electron chi connectivity index (χ2n) is 5.26. The second-order valence-corrected chi connectivity index (χ2v) is 5.26. The number of aromatic nitrogens is 1. The van der Waals surface area contributed by atoms with Gasteiger partial charge in [0.2, 0.25) is 5.43 Å². The lowest BCUT2D eigenvalue weighted by Gasteiger charge is -2.30. The van der Waals surface area contributed by atoms with Crippen molar-refractivity contribution in [3.63, 3.8) is 0 Å². The van der Waals surface area contributed by atoms with Crippen LogP contribution in [-0.2, 0) is 13.1 Å². The van der Waals surface area contributed by atoms with Crippen molar-refractivity contribution in [3.8, 4) is 5.75 Å². The molecule has 4 heteroatoms. The number of aromatic hydroxyl groups is 1. The summed E-state index contributed by atoms with van der Waals surface area (Å²) in [5.74, 6) is 0.655. The van der Waals surface area contributed by atoms with Crippen molar-refractivity contribution in [2.75, 3.05) is 13.1 Å². The normalized spacial score (nSPS) is 18.1. The van der Waals surface area contributed by atoms with Crippen molar-refractivity contribution in [3.05, 3.63) is 28.2 Å². The van der Waals surface area contributed by atoms with Crippen LogP contribution in [0.3, 0.4) is 0 Å². The number of likely N-dealkylation sites (tertiary alicyclic amines) is 1. The van der Waals surface area contributed by atoms with Crippen molar-refractivity contribution in [1.29, 1.82) is 0 Å². The highest BCUT2D eigenvalue weighted by Crippen LogP contribution is 2.18. The molecule has 0 bridgehead atoms. The van der Waals surface area contributed by atoms with Gasteiger partial charge in [0, 0.05) is 24.8 Å². The van der Waals surface area contributed by atoms with Gasteiger partial charge in [-0.25, -0.2) is 0 Å². The lowest BCUT2D eigenvalue weighted by atomic mass is 9.99. The summed E-state index contributed by atoms with van der Waals surface area (Å²) >= 11 is 0. The van der Waals surface area contributed by atoms with E-state index in [1.165, 1.54) is 12.8 Å². The third-order valence-corrected chi connectivity index (χ3v) is 3.80. The number of piperidine rings is 1. The molecule has 0 atom stereocenters. The van der Waals surface area contributed by atoms with Crippen LogP contribution >= 0.6 is 0 Å². The van der Waals surface area contributed by atoms with Crippen LogP contribution in [0.5, 0.6) is 5.75 Å². The van der Waals surface area contributed by atoms with Crippen LogP contribution in [0.25, 0.3) is 0 Å². The van der Waals surface area contributed by atoms with E-state index in [1.54, 1.807) is 12.3 Å². The van der Waals surface area contributed by atoms with Gasteiger partial charge in [0.15, 0.2) is 5.75 Å². The first-order valence-electron chi connectivity index (χ1n) is 6.74. The Morgan fingerprint density at radius 2 is 2.06 bits per heavy atom. The Balaban J connectivity index is 2.13. The minimum absolute atomic E-state index is 0.159. The maximum absolute atomic E-state index is 11.5. The summed E-state index contributed by atoms with van der Waals surface area (Å²) in [7, 11) is 0. The number of hydrogen-bond donors (Lipinski definition) is 1. The van der Waals surface area contributed by atoms with Crippen molar-refractivity contribution in [2.24, 2.45) is 5.92 Å². The third-order valence-electron chi connectivity index (χ3n) is 3.80. The van der Waals surface area contributed by atoms with E-state index in [9.17, 15) is 9.90 Å². The molecule has 1 N–H and O–H groups in total. The van der Waals surface area contributed by atoms with Gasteiger partial charge in [0.05, 0.1) is 6.20 Å². The number of aryl methyl sites for hydroxylation is 1. The Morgan fingerprint density at radius 3 is 2.67 bits per heavy atom. The van der Waals surface area contributed by atoms with Crippen molar-refractivity contribution in [2.45, 2.75) is 39.8 Å². The molecule has 0 aliphatic carbocycles. The van der Waals surface area contributed by atoms with E-state index in [1.807, 2.05) is 11.5 Å². The van der Waals surface area contributed by atoms with Gasteiger partial charge in [0.1, 0.15) is 0 Å². The molecule has 0 amide bonds. The third kappa shape index (κ3) is 2.93. The zero-order valence-electron chi connectivity index (χ0n) is 11.2. The Kier molecular flexibility index (Phi) is 4.07. The summed E-state index contributed by atoms with van der Waals surface area (Å²) in [5.41, 5.74) is 0.718. The predicted octanol–water partition coefficient (Wildman–Crippen LogP) is 1.81. The summed E-state index contributed by atoms with van der Waals surface area (Å²) in [4.78, 5) is 13.9. The maximum Gasteiger partial charge on any atom is 0.223 e. The molecule has 1 fully saturated rings. The van der Waals surface area contributed by atoms with Crippen molar-refractivity contribution in [1.82, 2.24) is 9.47 Å². The van der Waals surface area contributed by atoms with Gasteiger partial charge in [0.25, 0.3) is 0 Å². The Morgan fingerprint density at radius 1 is 1.39 bits per heavy atom. The van der Waals surface area contributed by atoms with E-state index in [0.29, 0.717) is 0 Å². The van der Waals surface area contributed by atoms with Crippen LogP contribution in [0, 0.1) is 5.92 Å². The molecule has 2 rings (SSSR count). The lowest BCUT2D eigenvalue weighted by Crippen LogP contribution is -2.33. The molecule has 1 aliphatic heterocycles. The largest absolute Gasteiger partial charge is 0.503 e. The summed E-state index contributed by atoms with van der Waals surface area (Å²) in [5, 5.41) is 9.45. The first-order chi connectivity index (χ1) is 8.60. The van der Waals surface area contributed by atoms with Crippen LogP contribution in [0.4, 0.5) is 0 Å². The molecule has 1 saturated heterocycles. The molecule has 0 saturated carbocycles. The summed E-state index contributed by atoms with van der Waals surface area (Å²) in [6, 6.07) is 1.57. The Bertz CT molecular complexity index is 459. The zero-order chi connectivity index (χ0) is 13.1. The van der Waals surface area contributed by atoms with Gasteiger partial charge in [-0.15, -0.1) is 0 Å². The van der Waals surface area contributed by atoms with Gasteiger partial charge in [-0.2, -0.15) is 0 Å². The summed E-state index contributed by atoms with van der Waals surface area (Å²) in [6.07, 6.45) is 4.01. The molecular weight excluding hydrogens is 228 g/mol. The van der Waals surface area contributed by atoms with Crippen LogP contribution in [0.1, 0.15) is 32.4 Å². The van der Waals surface area contributed by atoms with Crippen LogP contribution in [0.2, 0.25) is 0 Å². The highest BCUT2D eigenvalue weighted by Gasteiger charge is 2.17. The summed E-state index contributed by atoms with van der Waals surface area (Å²) in [6.45, 7) is 8.08. The first kappa shape index (κ1) is 13.1. The topological polar surface area (TPSA) is 45.5 Å². The van der Waals surface area contributed by atoms with Gasteiger partial charge >= 0.3 is 0 Å². The molecule has 1 aromatic rings. The van der Waals surface area contributed by atoms with E-state index in [4.69, 9.17) is 0 Å². The van der Waals surface area contributed by atoms with Crippen LogP contribution in [-0.4, -0.2) is 27.7 Å². The van der Waals surface area contributed by atoms with Crippen molar-refractivity contribution >= 4 is 0 Å². The predicted molar refractivity (Wildman–Crippen MR) is 71.7 cm³/mol. The van der Waals surface area contributed by atoms with Gasteiger partial charge in [-0.3, -0.25) is 9.69 Å². The Hall–Kier alpha value is -1.29. The lowest BCUT2D eigenvalue weighted by molar-refractivity contribution is 0.181. The van der Waals surface area contributed by atoms with Gasteiger partial charge < -0.3 is 9.67 Å². The van der Waals surface area contributed by atoms with Crippen LogP contribution < -0.4 is 5.43 Å². The van der Waals surface area contributed by atoms with Crippen molar-refractivity contribution < 1.29 is 5.11 Å². The quantitative estimate of drug-likeness (QED) is 0.890. The Labute approximate surface area is 108 Å². The van der Waals surface area contributed by atoms with Gasteiger partial charge in [-0.05, 0) is 38.8 Å². The maximum atomic E-state index is 11.5.